The first-order valence-corrected chi connectivity index (χ1v) is 14.2. The summed E-state index contributed by atoms with van der Waals surface area (Å²) in [4.78, 5) is 65.2. The van der Waals surface area contributed by atoms with E-state index < -0.39 is 41.3 Å². The van der Waals surface area contributed by atoms with Gasteiger partial charge in [0, 0.05) is 25.8 Å². The highest BCUT2D eigenvalue weighted by molar-refractivity contribution is 6.08. The van der Waals surface area contributed by atoms with E-state index in [1.54, 1.807) is 0 Å². The van der Waals surface area contributed by atoms with Crippen molar-refractivity contribution in [3.63, 3.8) is 0 Å². The second kappa shape index (κ2) is 15.9. The summed E-state index contributed by atoms with van der Waals surface area (Å²) in [6.07, 6.45) is 4.97. The van der Waals surface area contributed by atoms with E-state index in [1.807, 2.05) is 60.7 Å². The Morgan fingerprint density at radius 3 is 2.15 bits per heavy atom. The van der Waals surface area contributed by atoms with Crippen LogP contribution in [0.15, 0.2) is 60.7 Å². The van der Waals surface area contributed by atoms with Gasteiger partial charge in [0.1, 0.15) is 12.3 Å². The van der Waals surface area contributed by atoms with E-state index in [0.29, 0.717) is 25.5 Å². The molecule has 1 unspecified atom stereocenters. The lowest BCUT2D eigenvalue weighted by atomic mass is 9.84. The molecule has 1 aliphatic rings. The minimum atomic E-state index is -1.92. The molecule has 0 aromatic heterocycles. The van der Waals surface area contributed by atoms with Crippen LogP contribution in [-0.4, -0.2) is 70.5 Å². The summed E-state index contributed by atoms with van der Waals surface area (Å²) >= 11 is 0. The number of hydrogen-bond donors (Lipinski definition) is 4. The summed E-state index contributed by atoms with van der Waals surface area (Å²) in [5.74, 6) is -1.61. The average Bonchev–Trinajstić information content (AvgIpc) is 3.38. The molecular formula is C31H40N4O6. The number of nitrogens with zero attached hydrogens (tertiary/aromatic N) is 1. The number of hydrogen-bond acceptors (Lipinski definition) is 8. The van der Waals surface area contributed by atoms with Crippen LogP contribution in [0.2, 0.25) is 0 Å². The van der Waals surface area contributed by atoms with Gasteiger partial charge < -0.3 is 30.7 Å². The second-order valence-corrected chi connectivity index (χ2v) is 10.5. The van der Waals surface area contributed by atoms with E-state index in [9.17, 15) is 29.2 Å². The first-order chi connectivity index (χ1) is 19.9. The molecule has 1 aliphatic heterocycles. The number of hydroxylamine groups is 1. The summed E-state index contributed by atoms with van der Waals surface area (Å²) in [6, 6.07) is 15.4. The predicted octanol–water partition coefficient (Wildman–Crippen LogP) is 1.91. The molecule has 220 valence electrons. The third kappa shape index (κ3) is 8.16. The van der Waals surface area contributed by atoms with Crippen molar-refractivity contribution in [2.24, 2.45) is 5.73 Å². The van der Waals surface area contributed by atoms with Gasteiger partial charge in [-0.15, -0.1) is 0 Å². The van der Waals surface area contributed by atoms with Crippen molar-refractivity contribution < 1.29 is 29.2 Å². The Morgan fingerprint density at radius 2 is 1.56 bits per heavy atom. The third-order valence-electron chi connectivity index (χ3n) is 7.68. The van der Waals surface area contributed by atoms with Gasteiger partial charge in [-0.3, -0.25) is 14.4 Å². The summed E-state index contributed by atoms with van der Waals surface area (Å²) < 4.78 is 0. The first kappa shape index (κ1) is 31.8. The lowest BCUT2D eigenvalue weighted by Crippen LogP contribution is -2.66. The molecule has 0 bridgehead atoms. The minimum absolute atomic E-state index is 0.0272. The molecule has 3 rings (SSSR count). The molecule has 0 spiro atoms. The standard InChI is InChI=1S/C31H40N4O6/c32-25(20-23-12-6-4-7-13-23)29(39)33-26(21-24-14-8-5-9-15-24)30(40)35-18-17-27(34-41)31(35,22-37)28(38)16-10-2-1-3-11-19-36/h4-9,12-15,19,22,25-27,34,41H,1-3,10-11,16-18,20-21,32H2,(H,33,39)/t25-,26-,27?,31+/m0/s1. The van der Waals surface area contributed by atoms with Crippen molar-refractivity contribution >= 4 is 30.2 Å². The number of benzene rings is 2. The maximum Gasteiger partial charge on any atom is 0.246 e. The van der Waals surface area contributed by atoms with Crippen LogP contribution in [0.3, 0.4) is 0 Å². The van der Waals surface area contributed by atoms with E-state index >= 15 is 0 Å². The smallest absolute Gasteiger partial charge is 0.246 e. The normalized spacial score (nSPS) is 19.8. The highest BCUT2D eigenvalue weighted by Crippen LogP contribution is 2.32. The quantitative estimate of drug-likeness (QED) is 0.0982. The molecule has 2 aromatic carbocycles. The average molecular weight is 565 g/mol. The van der Waals surface area contributed by atoms with E-state index in [0.717, 1.165) is 30.3 Å². The largest absolute Gasteiger partial charge is 0.343 e. The molecule has 0 radical (unpaired) electrons. The highest BCUT2D eigenvalue weighted by Gasteiger charge is 2.56. The third-order valence-corrected chi connectivity index (χ3v) is 7.68. The van der Waals surface area contributed by atoms with Crippen molar-refractivity contribution in [3.8, 4) is 0 Å². The fourth-order valence-electron chi connectivity index (χ4n) is 5.41. The van der Waals surface area contributed by atoms with Crippen molar-refractivity contribution in [2.75, 3.05) is 6.54 Å². The van der Waals surface area contributed by atoms with Crippen LogP contribution in [0.4, 0.5) is 0 Å². The number of Topliss-reactive ketones (excluding diaryl/α,β-unsaturated/α-hetero) is 1. The van der Waals surface area contributed by atoms with Crippen LogP contribution in [0, 0.1) is 0 Å². The maximum atomic E-state index is 14.1. The summed E-state index contributed by atoms with van der Waals surface area (Å²) in [5, 5.41) is 12.6. The highest BCUT2D eigenvalue weighted by atomic mass is 16.5. The molecule has 0 aliphatic carbocycles. The molecule has 4 atom stereocenters. The molecule has 2 aromatic rings. The molecule has 2 amide bonds. The fourth-order valence-corrected chi connectivity index (χ4v) is 5.41. The molecule has 1 fully saturated rings. The van der Waals surface area contributed by atoms with E-state index in [-0.39, 0.29) is 32.2 Å². The zero-order chi connectivity index (χ0) is 29.7. The fraction of sp³-hybridized carbons (Fsp3) is 0.452. The number of carbonyl (C=O) groups excluding carboxylic acids is 5. The van der Waals surface area contributed by atoms with E-state index in [4.69, 9.17) is 5.73 Å². The van der Waals surface area contributed by atoms with Crippen molar-refractivity contribution in [2.45, 2.75) is 81.5 Å². The molecule has 10 heteroatoms. The van der Waals surface area contributed by atoms with Crippen molar-refractivity contribution in [1.29, 1.82) is 0 Å². The number of aldehydes is 2. The second-order valence-electron chi connectivity index (χ2n) is 10.5. The predicted molar refractivity (Wildman–Crippen MR) is 153 cm³/mol. The minimum Gasteiger partial charge on any atom is -0.343 e. The van der Waals surface area contributed by atoms with Crippen molar-refractivity contribution in [3.05, 3.63) is 71.8 Å². The first-order valence-electron chi connectivity index (χ1n) is 14.2. The molecule has 1 saturated heterocycles. The van der Waals surface area contributed by atoms with Gasteiger partial charge in [0.2, 0.25) is 11.8 Å². The van der Waals surface area contributed by atoms with Crippen LogP contribution >= 0.6 is 0 Å². The van der Waals surface area contributed by atoms with Gasteiger partial charge in [0.15, 0.2) is 17.6 Å². The Kier molecular flexibility index (Phi) is 12.3. The summed E-state index contributed by atoms with van der Waals surface area (Å²) in [6.45, 7) is 0.0398. The number of ketones is 1. The Bertz CT molecular complexity index is 1160. The van der Waals surface area contributed by atoms with Crippen molar-refractivity contribution in [1.82, 2.24) is 15.7 Å². The van der Waals surface area contributed by atoms with Crippen LogP contribution in [0.25, 0.3) is 0 Å². The van der Waals surface area contributed by atoms with Crippen LogP contribution in [0.5, 0.6) is 0 Å². The van der Waals surface area contributed by atoms with E-state index in [2.05, 4.69) is 10.8 Å². The number of unbranched alkanes of at least 4 members (excludes halogenated alkanes) is 4. The molecular weight excluding hydrogens is 524 g/mol. The van der Waals surface area contributed by atoms with Gasteiger partial charge in [-0.05, 0) is 36.8 Å². The number of carbonyl (C=O) groups is 5. The number of likely N-dealkylation sites (tertiary alicyclic amines) is 1. The number of nitrogens with two attached hydrogens (primary N) is 1. The van der Waals surface area contributed by atoms with Gasteiger partial charge in [0.25, 0.3) is 0 Å². The Balaban J connectivity index is 1.82. The van der Waals surface area contributed by atoms with Gasteiger partial charge in [0.05, 0.1) is 12.1 Å². The van der Waals surface area contributed by atoms with Crippen LogP contribution in [-0.2, 0) is 36.8 Å². The molecule has 1 heterocycles. The Morgan fingerprint density at radius 1 is 0.951 bits per heavy atom. The molecule has 0 saturated carbocycles. The topological polar surface area (TPSA) is 159 Å². The van der Waals surface area contributed by atoms with E-state index in [1.165, 1.54) is 4.90 Å². The monoisotopic (exact) mass is 564 g/mol. The van der Waals surface area contributed by atoms with Gasteiger partial charge in [-0.25, -0.2) is 0 Å². The zero-order valence-electron chi connectivity index (χ0n) is 23.2. The SMILES string of the molecule is N[C@@H](Cc1ccccc1)C(=O)N[C@@H](Cc1ccccc1)C(=O)N1CCC(NO)[C@]1(C=O)C(=O)CCCCCCC=O. The van der Waals surface area contributed by atoms with Crippen LogP contribution in [0.1, 0.15) is 56.1 Å². The lowest BCUT2D eigenvalue weighted by molar-refractivity contribution is -0.151. The Labute approximate surface area is 240 Å². The lowest BCUT2D eigenvalue weighted by Gasteiger charge is -2.38. The summed E-state index contributed by atoms with van der Waals surface area (Å²) in [5.41, 5.74) is 8.01. The summed E-state index contributed by atoms with van der Waals surface area (Å²) in [7, 11) is 0. The zero-order valence-corrected chi connectivity index (χ0v) is 23.2. The van der Waals surface area contributed by atoms with Gasteiger partial charge >= 0.3 is 0 Å². The number of nitrogens with one attached hydrogen (secondary N) is 2. The van der Waals surface area contributed by atoms with Gasteiger partial charge in [-0.1, -0.05) is 73.5 Å². The molecule has 10 nitrogen and oxygen atoms in total. The number of rotatable bonds is 17. The molecule has 41 heavy (non-hydrogen) atoms. The number of amides is 2. The van der Waals surface area contributed by atoms with Gasteiger partial charge in [-0.2, -0.15) is 5.48 Å². The maximum absolute atomic E-state index is 14.1. The van der Waals surface area contributed by atoms with Crippen LogP contribution < -0.4 is 16.5 Å². The Hall–Kier alpha value is -3.73. The molecule has 5 N–H and O–H groups in total.